The normalized spacial score (nSPS) is 45.6. The van der Waals surface area contributed by atoms with Crippen LogP contribution in [-0.2, 0) is 19.0 Å². The molecule has 0 spiro atoms. The number of hydrogen-bond donors (Lipinski definition) is 9. The van der Waals surface area contributed by atoms with Crippen molar-refractivity contribution in [1.82, 2.24) is 5.32 Å². The van der Waals surface area contributed by atoms with E-state index in [2.05, 4.69) is 5.32 Å². The van der Waals surface area contributed by atoms with Crippen molar-refractivity contribution in [2.75, 3.05) is 19.8 Å². The van der Waals surface area contributed by atoms with Gasteiger partial charge in [-0.25, -0.2) is 0 Å². The molecular formula is C14H25NO12. The number of hydrogen-bond acceptors (Lipinski definition) is 12. The maximum atomic E-state index is 10.6. The van der Waals surface area contributed by atoms with Crippen molar-refractivity contribution in [3.8, 4) is 0 Å². The summed E-state index contributed by atoms with van der Waals surface area (Å²) in [5.41, 5.74) is 0. The molecule has 0 bridgehead atoms. The fraction of sp³-hybridized carbons (Fsp3) is 0.929. The molecule has 2 fully saturated rings. The lowest BCUT2D eigenvalue weighted by Gasteiger charge is -2.46. The Balaban J connectivity index is 2.09. The van der Waals surface area contributed by atoms with Crippen molar-refractivity contribution in [2.45, 2.75) is 61.3 Å². The molecule has 0 aromatic carbocycles. The van der Waals surface area contributed by atoms with Gasteiger partial charge in [0.05, 0.1) is 19.8 Å². The Morgan fingerprint density at radius 1 is 0.852 bits per heavy atom. The van der Waals surface area contributed by atoms with Gasteiger partial charge in [0.2, 0.25) is 0 Å². The Morgan fingerprint density at radius 2 is 1.48 bits per heavy atom. The summed E-state index contributed by atoms with van der Waals surface area (Å²) in [6, 6.07) is 0. The van der Waals surface area contributed by atoms with Crippen LogP contribution in [-0.4, -0.2) is 128 Å². The van der Waals surface area contributed by atoms with E-state index in [-0.39, 0.29) is 0 Å². The largest absolute Gasteiger partial charge is 0.480 e. The van der Waals surface area contributed by atoms with Crippen molar-refractivity contribution < 1.29 is 59.9 Å². The minimum atomic E-state index is -1.76. The molecule has 13 heteroatoms. The molecule has 27 heavy (non-hydrogen) atoms. The molecule has 10 atom stereocenters. The molecule has 0 amide bonds. The highest BCUT2D eigenvalue weighted by atomic mass is 16.7. The van der Waals surface area contributed by atoms with Crippen LogP contribution in [0.3, 0.4) is 0 Å². The van der Waals surface area contributed by atoms with Crippen LogP contribution in [0.5, 0.6) is 0 Å². The highest BCUT2D eigenvalue weighted by Crippen LogP contribution is 2.28. The molecule has 158 valence electrons. The molecule has 2 saturated heterocycles. The third-order valence-electron chi connectivity index (χ3n) is 4.46. The average Bonchev–Trinajstić information content (AvgIpc) is 2.64. The van der Waals surface area contributed by atoms with E-state index in [4.69, 9.17) is 19.3 Å². The Bertz CT molecular complexity index is 491. The Hall–Kier alpha value is -0.970. The van der Waals surface area contributed by atoms with Crippen LogP contribution in [0.25, 0.3) is 0 Å². The zero-order valence-corrected chi connectivity index (χ0v) is 14.1. The zero-order valence-electron chi connectivity index (χ0n) is 14.1. The third kappa shape index (κ3) is 4.90. The van der Waals surface area contributed by atoms with Crippen LogP contribution in [0.15, 0.2) is 0 Å². The summed E-state index contributed by atoms with van der Waals surface area (Å²) in [5, 5.41) is 79.6. The van der Waals surface area contributed by atoms with Gasteiger partial charge in [0.1, 0.15) is 55.1 Å². The molecule has 0 aliphatic carbocycles. The molecule has 2 aliphatic rings. The quantitative estimate of drug-likeness (QED) is 0.195. The van der Waals surface area contributed by atoms with Crippen molar-refractivity contribution in [3.05, 3.63) is 0 Å². The first-order chi connectivity index (χ1) is 12.7. The number of carboxylic acid groups (broad SMARTS) is 1. The van der Waals surface area contributed by atoms with E-state index < -0.39 is 87.1 Å². The highest BCUT2D eigenvalue weighted by Gasteiger charge is 2.50. The first kappa shape index (κ1) is 22.3. The van der Waals surface area contributed by atoms with Gasteiger partial charge in [-0.1, -0.05) is 0 Å². The molecule has 0 aromatic rings. The molecule has 0 saturated carbocycles. The Kier molecular flexibility index (Phi) is 7.84. The summed E-state index contributed by atoms with van der Waals surface area (Å²) < 4.78 is 15.8. The van der Waals surface area contributed by atoms with Crippen LogP contribution >= 0.6 is 0 Å². The second-order valence-electron chi connectivity index (χ2n) is 6.33. The number of aliphatic hydroxyl groups excluding tert-OH is 7. The summed E-state index contributed by atoms with van der Waals surface area (Å²) in [7, 11) is 0. The molecule has 1 unspecified atom stereocenters. The van der Waals surface area contributed by atoms with Gasteiger partial charge in [-0.2, -0.15) is 0 Å². The van der Waals surface area contributed by atoms with Crippen molar-refractivity contribution in [1.29, 1.82) is 0 Å². The molecule has 9 N–H and O–H groups in total. The first-order valence-corrected chi connectivity index (χ1v) is 8.24. The van der Waals surface area contributed by atoms with Gasteiger partial charge in [-0.3, -0.25) is 10.1 Å². The second-order valence-corrected chi connectivity index (χ2v) is 6.33. The second kappa shape index (κ2) is 9.49. The number of carbonyl (C=O) groups is 1. The number of carboxylic acids is 1. The molecule has 0 radical (unpaired) electrons. The molecule has 0 aromatic heterocycles. The number of ether oxygens (including phenoxy) is 3. The SMILES string of the molecule is O=C(O)CNC1O[C@H](CO)[C@@H](O[C@@H]2O[C@H](CO)[C@H](O)[C@H](O)[C@H]2O)[C@H](O)[C@H]1O. The lowest BCUT2D eigenvalue weighted by Crippen LogP contribution is -2.66. The lowest BCUT2D eigenvalue weighted by molar-refractivity contribution is -0.343. The number of aliphatic carboxylic acids is 1. The minimum Gasteiger partial charge on any atom is -0.480 e. The van der Waals surface area contributed by atoms with Gasteiger partial charge in [0, 0.05) is 0 Å². The highest BCUT2D eigenvalue weighted by molar-refractivity contribution is 5.69. The van der Waals surface area contributed by atoms with Gasteiger partial charge in [0.15, 0.2) is 6.29 Å². The fourth-order valence-electron chi connectivity index (χ4n) is 2.95. The van der Waals surface area contributed by atoms with E-state index in [1.54, 1.807) is 0 Å². The van der Waals surface area contributed by atoms with E-state index in [1.807, 2.05) is 0 Å². The number of rotatable bonds is 7. The van der Waals surface area contributed by atoms with Gasteiger partial charge < -0.3 is 55.1 Å². The maximum absolute atomic E-state index is 10.6. The maximum Gasteiger partial charge on any atom is 0.317 e. The smallest absolute Gasteiger partial charge is 0.317 e. The summed E-state index contributed by atoms with van der Waals surface area (Å²) >= 11 is 0. The fourth-order valence-corrected chi connectivity index (χ4v) is 2.95. The monoisotopic (exact) mass is 399 g/mol. The van der Waals surface area contributed by atoms with E-state index in [0.29, 0.717) is 0 Å². The van der Waals surface area contributed by atoms with E-state index >= 15 is 0 Å². The predicted molar refractivity (Wildman–Crippen MR) is 82.0 cm³/mol. The summed E-state index contributed by atoms with van der Waals surface area (Å²) in [4.78, 5) is 10.6. The van der Waals surface area contributed by atoms with Gasteiger partial charge in [-0.05, 0) is 0 Å². The molecule has 2 aliphatic heterocycles. The van der Waals surface area contributed by atoms with Crippen molar-refractivity contribution in [3.63, 3.8) is 0 Å². The first-order valence-electron chi connectivity index (χ1n) is 8.24. The zero-order chi connectivity index (χ0) is 20.3. The molecule has 13 nitrogen and oxygen atoms in total. The van der Waals surface area contributed by atoms with Gasteiger partial charge in [0.25, 0.3) is 0 Å². The molecule has 2 heterocycles. The van der Waals surface area contributed by atoms with Gasteiger partial charge in [-0.15, -0.1) is 0 Å². The van der Waals surface area contributed by atoms with Crippen LogP contribution in [0.1, 0.15) is 0 Å². The van der Waals surface area contributed by atoms with E-state index in [1.165, 1.54) is 0 Å². The third-order valence-corrected chi connectivity index (χ3v) is 4.46. The number of nitrogens with one attached hydrogen (secondary N) is 1. The standard InChI is InChI=1S/C14H25NO12/c16-2-4-7(20)8(21)11(24)14(26-4)27-12-5(3-17)25-13(10(23)9(12)22)15-1-6(18)19/h4-5,7-17,20-24H,1-3H2,(H,18,19)/t4-,5-,7+,8+,9-,10-,11-,12-,13?,14+/m1/s1. The molecular weight excluding hydrogens is 374 g/mol. The summed E-state index contributed by atoms with van der Waals surface area (Å²) in [6.07, 6.45) is -15.3. The Labute approximate surface area is 153 Å². The topological polar surface area (TPSA) is 219 Å². The Morgan fingerprint density at radius 3 is 2.04 bits per heavy atom. The van der Waals surface area contributed by atoms with Crippen molar-refractivity contribution >= 4 is 5.97 Å². The van der Waals surface area contributed by atoms with Crippen LogP contribution in [0.4, 0.5) is 0 Å². The number of aliphatic hydroxyl groups is 7. The summed E-state index contributed by atoms with van der Waals surface area (Å²) in [5.74, 6) is -1.24. The molecule has 2 rings (SSSR count). The minimum absolute atomic E-state index is 0.579. The van der Waals surface area contributed by atoms with Crippen molar-refractivity contribution in [2.24, 2.45) is 0 Å². The van der Waals surface area contributed by atoms with Gasteiger partial charge >= 0.3 is 5.97 Å². The summed E-state index contributed by atoms with van der Waals surface area (Å²) in [6.45, 7) is -1.97. The van der Waals surface area contributed by atoms with Crippen LogP contribution < -0.4 is 5.32 Å². The van der Waals surface area contributed by atoms with Crippen LogP contribution in [0, 0.1) is 0 Å². The van der Waals surface area contributed by atoms with E-state index in [0.717, 1.165) is 0 Å². The van der Waals surface area contributed by atoms with Crippen LogP contribution in [0.2, 0.25) is 0 Å². The lowest BCUT2D eigenvalue weighted by atomic mass is 9.96. The average molecular weight is 399 g/mol. The van der Waals surface area contributed by atoms with E-state index in [9.17, 15) is 40.5 Å². The predicted octanol–water partition coefficient (Wildman–Crippen LogP) is -5.72.